The molecule has 0 saturated heterocycles. The number of ether oxygens (including phenoxy) is 1. The fourth-order valence-corrected chi connectivity index (χ4v) is 2.66. The van der Waals surface area contributed by atoms with E-state index in [2.05, 4.69) is 38.6 Å². The first-order chi connectivity index (χ1) is 13.3. The van der Waals surface area contributed by atoms with Crippen LogP contribution in [0.1, 0.15) is 16.7 Å². The van der Waals surface area contributed by atoms with E-state index >= 15 is 0 Å². The molecule has 0 atom stereocenters. The third-order valence-electron chi connectivity index (χ3n) is 3.94. The summed E-state index contributed by atoms with van der Waals surface area (Å²) < 4.78 is 10.7. The van der Waals surface area contributed by atoms with Crippen LogP contribution in [0.2, 0.25) is 0 Å². The maximum absolute atomic E-state index is 5.72. The largest absolute Gasteiger partial charge is 0.473 e. The minimum Gasteiger partial charge on any atom is -0.473 e. The Kier molecular flexibility index (Phi) is 5.06. The van der Waals surface area contributed by atoms with Crippen LogP contribution >= 0.6 is 0 Å². The van der Waals surface area contributed by atoms with Gasteiger partial charge in [0.25, 0.3) is 0 Å². The van der Waals surface area contributed by atoms with Crippen molar-refractivity contribution in [3.63, 3.8) is 0 Å². The Labute approximate surface area is 156 Å². The van der Waals surface area contributed by atoms with Crippen LogP contribution in [0.3, 0.4) is 0 Å². The topological polar surface area (TPSA) is 73.1 Å². The molecule has 1 N–H and O–H groups in total. The van der Waals surface area contributed by atoms with E-state index in [1.165, 1.54) is 5.56 Å². The molecule has 0 amide bonds. The maximum Gasteiger partial charge on any atom is 0.230 e. The highest BCUT2D eigenvalue weighted by atomic mass is 16.5. The second-order valence-corrected chi connectivity index (χ2v) is 6.01. The van der Waals surface area contributed by atoms with E-state index in [-0.39, 0.29) is 0 Å². The number of anilines is 2. The van der Waals surface area contributed by atoms with Crippen LogP contribution < -0.4 is 10.1 Å². The van der Waals surface area contributed by atoms with Crippen molar-refractivity contribution in [2.45, 2.75) is 13.0 Å². The fraction of sp³-hybridized carbons (Fsp3) is 0.0952. The molecule has 1 aromatic carbocycles. The predicted octanol–water partition coefficient (Wildman–Crippen LogP) is 4.38. The van der Waals surface area contributed by atoms with Gasteiger partial charge in [0.15, 0.2) is 0 Å². The van der Waals surface area contributed by atoms with Crippen molar-refractivity contribution < 1.29 is 9.26 Å². The van der Waals surface area contributed by atoms with Crippen molar-refractivity contribution in [2.24, 2.45) is 0 Å². The number of benzene rings is 1. The van der Waals surface area contributed by atoms with Crippen LogP contribution in [0.25, 0.3) is 0 Å². The molecule has 0 aliphatic carbocycles. The molecule has 0 aliphatic rings. The van der Waals surface area contributed by atoms with Crippen molar-refractivity contribution in [1.82, 2.24) is 15.1 Å². The molecule has 6 nitrogen and oxygen atoms in total. The number of rotatable bonds is 7. The van der Waals surface area contributed by atoms with Gasteiger partial charge in [0.1, 0.15) is 12.4 Å². The van der Waals surface area contributed by atoms with Gasteiger partial charge in [0, 0.05) is 24.5 Å². The van der Waals surface area contributed by atoms with Crippen LogP contribution in [-0.2, 0) is 13.0 Å². The minimum absolute atomic E-state index is 0.489. The zero-order valence-corrected chi connectivity index (χ0v) is 14.6. The summed E-state index contributed by atoms with van der Waals surface area (Å²) in [6, 6.07) is 19.7. The zero-order chi connectivity index (χ0) is 18.3. The molecular weight excluding hydrogens is 340 g/mol. The van der Waals surface area contributed by atoms with Gasteiger partial charge in [-0.05, 0) is 35.2 Å². The lowest BCUT2D eigenvalue weighted by molar-refractivity contribution is 0.294. The number of aromatic nitrogens is 3. The molecule has 3 aromatic heterocycles. The van der Waals surface area contributed by atoms with E-state index in [0.29, 0.717) is 24.2 Å². The highest BCUT2D eigenvalue weighted by Gasteiger charge is 2.03. The van der Waals surface area contributed by atoms with E-state index in [1.807, 2.05) is 42.6 Å². The van der Waals surface area contributed by atoms with Gasteiger partial charge in [0.05, 0.1) is 6.20 Å². The van der Waals surface area contributed by atoms with Crippen LogP contribution in [0.4, 0.5) is 11.7 Å². The second-order valence-electron chi connectivity index (χ2n) is 6.01. The van der Waals surface area contributed by atoms with E-state index in [1.54, 1.807) is 18.5 Å². The molecule has 27 heavy (non-hydrogen) atoms. The monoisotopic (exact) mass is 358 g/mol. The third kappa shape index (κ3) is 4.70. The van der Waals surface area contributed by atoms with Crippen LogP contribution in [-0.4, -0.2) is 15.1 Å². The number of nitrogens with one attached hydrogen (secondary N) is 1. The Hall–Kier alpha value is -3.67. The standard InChI is InChI=1S/C21H18N4O2/c1-2-10-22-20(6-1)26-15-18-5-3-4-16(13-18)12-17-7-8-19(23-14-17)25-21-9-11-24-27-21/h1-11,13-14H,12,15H2,(H,23,25). The van der Waals surface area contributed by atoms with Gasteiger partial charge in [-0.1, -0.05) is 41.6 Å². The van der Waals surface area contributed by atoms with Crippen molar-refractivity contribution >= 4 is 11.7 Å². The summed E-state index contributed by atoms with van der Waals surface area (Å²) in [7, 11) is 0. The van der Waals surface area contributed by atoms with Crippen molar-refractivity contribution in [3.8, 4) is 5.88 Å². The summed E-state index contributed by atoms with van der Waals surface area (Å²) in [5.74, 6) is 1.91. The normalized spacial score (nSPS) is 10.5. The highest BCUT2D eigenvalue weighted by molar-refractivity contribution is 5.49. The van der Waals surface area contributed by atoms with Gasteiger partial charge in [-0.15, -0.1) is 0 Å². The first kappa shape index (κ1) is 16.8. The Morgan fingerprint density at radius 3 is 2.59 bits per heavy atom. The maximum atomic E-state index is 5.72. The second kappa shape index (κ2) is 8.14. The lowest BCUT2D eigenvalue weighted by Gasteiger charge is -2.08. The summed E-state index contributed by atoms with van der Waals surface area (Å²) in [5, 5.41) is 6.71. The van der Waals surface area contributed by atoms with E-state index in [9.17, 15) is 0 Å². The van der Waals surface area contributed by atoms with Crippen LogP contribution in [0.5, 0.6) is 5.88 Å². The highest BCUT2D eigenvalue weighted by Crippen LogP contribution is 2.16. The number of nitrogens with zero attached hydrogens (tertiary/aromatic N) is 3. The average Bonchev–Trinajstić information content (AvgIpc) is 3.22. The van der Waals surface area contributed by atoms with E-state index in [4.69, 9.17) is 9.26 Å². The molecule has 0 aliphatic heterocycles. The predicted molar refractivity (Wildman–Crippen MR) is 102 cm³/mol. The van der Waals surface area contributed by atoms with Crippen molar-refractivity contribution in [3.05, 3.63) is 95.9 Å². The molecule has 0 unspecified atom stereocenters. The van der Waals surface area contributed by atoms with E-state index < -0.39 is 0 Å². The van der Waals surface area contributed by atoms with Crippen molar-refractivity contribution in [1.29, 1.82) is 0 Å². The fourth-order valence-electron chi connectivity index (χ4n) is 2.66. The summed E-state index contributed by atoms with van der Waals surface area (Å²) in [4.78, 5) is 8.59. The van der Waals surface area contributed by atoms with Gasteiger partial charge >= 0.3 is 0 Å². The summed E-state index contributed by atoms with van der Waals surface area (Å²) in [6.45, 7) is 0.489. The van der Waals surface area contributed by atoms with Crippen LogP contribution in [0, 0.1) is 0 Å². The third-order valence-corrected chi connectivity index (χ3v) is 3.94. The van der Waals surface area contributed by atoms with Crippen LogP contribution in [0.15, 0.2) is 83.8 Å². The van der Waals surface area contributed by atoms with E-state index in [0.717, 1.165) is 17.5 Å². The van der Waals surface area contributed by atoms with Crippen molar-refractivity contribution in [2.75, 3.05) is 5.32 Å². The van der Waals surface area contributed by atoms with Gasteiger partial charge in [0.2, 0.25) is 11.8 Å². The van der Waals surface area contributed by atoms with Gasteiger partial charge in [-0.3, -0.25) is 0 Å². The quantitative estimate of drug-likeness (QED) is 0.529. The molecule has 0 spiro atoms. The lowest BCUT2D eigenvalue weighted by atomic mass is 10.0. The van der Waals surface area contributed by atoms with Gasteiger partial charge < -0.3 is 14.6 Å². The molecule has 0 fully saturated rings. The number of hydrogen-bond donors (Lipinski definition) is 1. The molecular formula is C21H18N4O2. The smallest absolute Gasteiger partial charge is 0.230 e. The lowest BCUT2D eigenvalue weighted by Crippen LogP contribution is -1.98. The Morgan fingerprint density at radius 1 is 0.852 bits per heavy atom. The first-order valence-corrected chi connectivity index (χ1v) is 8.59. The molecule has 0 bridgehead atoms. The van der Waals surface area contributed by atoms with Gasteiger partial charge in [-0.2, -0.15) is 0 Å². The molecule has 0 saturated carbocycles. The molecule has 3 heterocycles. The Morgan fingerprint density at radius 2 is 1.81 bits per heavy atom. The number of pyridine rings is 2. The Balaban J connectivity index is 1.37. The first-order valence-electron chi connectivity index (χ1n) is 8.59. The molecule has 134 valence electrons. The molecule has 4 rings (SSSR count). The average molecular weight is 358 g/mol. The zero-order valence-electron chi connectivity index (χ0n) is 14.6. The number of hydrogen-bond acceptors (Lipinski definition) is 6. The minimum atomic E-state index is 0.489. The molecule has 6 heteroatoms. The Bertz CT molecular complexity index is 971. The summed E-state index contributed by atoms with van der Waals surface area (Å²) in [5.41, 5.74) is 3.44. The summed E-state index contributed by atoms with van der Waals surface area (Å²) >= 11 is 0. The molecule has 0 radical (unpaired) electrons. The summed E-state index contributed by atoms with van der Waals surface area (Å²) in [6.07, 6.45) is 5.96. The SMILES string of the molecule is c1ccc(OCc2cccc(Cc3ccc(Nc4ccno4)nc3)c2)nc1. The molecule has 4 aromatic rings. The van der Waals surface area contributed by atoms with Gasteiger partial charge in [-0.25, -0.2) is 9.97 Å².